The van der Waals surface area contributed by atoms with Gasteiger partial charge in [0.05, 0.1) is 31.6 Å². The average molecular weight is 288 g/mol. The second-order valence-corrected chi connectivity index (χ2v) is 5.33. The van der Waals surface area contributed by atoms with Gasteiger partial charge in [-0.3, -0.25) is 0 Å². The van der Waals surface area contributed by atoms with Gasteiger partial charge in [0, 0.05) is 12.7 Å². The third-order valence-corrected chi connectivity index (χ3v) is 4.04. The van der Waals surface area contributed by atoms with E-state index in [1.165, 1.54) is 6.20 Å². The maximum Gasteiger partial charge on any atom is 0.343 e. The number of carbonyl (C=O) groups is 1. The van der Waals surface area contributed by atoms with Gasteiger partial charge in [-0.25, -0.2) is 14.3 Å². The molecular formula is C14H16N4O3. The van der Waals surface area contributed by atoms with Gasteiger partial charge >= 0.3 is 5.97 Å². The van der Waals surface area contributed by atoms with Gasteiger partial charge in [-0.2, -0.15) is 5.10 Å². The highest BCUT2D eigenvalue weighted by atomic mass is 16.5. The van der Waals surface area contributed by atoms with Crippen molar-refractivity contribution < 1.29 is 14.3 Å². The Hall–Kier alpha value is -2.15. The summed E-state index contributed by atoms with van der Waals surface area (Å²) in [6.45, 7) is 3.73. The quantitative estimate of drug-likeness (QED) is 0.781. The number of esters is 1. The molecule has 2 aliphatic heterocycles. The third-order valence-electron chi connectivity index (χ3n) is 4.04. The number of hydrogen-bond acceptors (Lipinski definition) is 6. The number of aromatic nitrogens is 3. The second-order valence-electron chi connectivity index (χ2n) is 5.33. The molecule has 4 heterocycles. The van der Waals surface area contributed by atoms with Crippen LogP contribution in [0.2, 0.25) is 0 Å². The van der Waals surface area contributed by atoms with Crippen LogP contribution in [-0.4, -0.2) is 52.5 Å². The Labute approximate surface area is 121 Å². The summed E-state index contributed by atoms with van der Waals surface area (Å²) in [4.78, 5) is 18.8. The van der Waals surface area contributed by atoms with Crippen molar-refractivity contribution in [1.82, 2.24) is 14.6 Å². The zero-order chi connectivity index (χ0) is 14.4. The summed E-state index contributed by atoms with van der Waals surface area (Å²) in [5.74, 6) is 0.479. The fourth-order valence-electron chi connectivity index (χ4n) is 3.05. The van der Waals surface area contributed by atoms with Crippen molar-refractivity contribution in [3.63, 3.8) is 0 Å². The van der Waals surface area contributed by atoms with Crippen LogP contribution >= 0.6 is 0 Å². The van der Waals surface area contributed by atoms with E-state index in [1.54, 1.807) is 11.4 Å². The molecule has 0 radical (unpaired) electrons. The van der Waals surface area contributed by atoms with E-state index < -0.39 is 0 Å². The van der Waals surface area contributed by atoms with E-state index in [0.29, 0.717) is 30.0 Å². The van der Waals surface area contributed by atoms with Crippen molar-refractivity contribution >= 4 is 17.4 Å². The van der Waals surface area contributed by atoms with Gasteiger partial charge in [0.1, 0.15) is 11.4 Å². The standard InChI is InChI=1S/C14H16N4O3/c1-2-20-14(19)11-6-15-18-4-3-12(16-13(11)18)17-7-10-5-9(17)8-21-10/h3-4,6,9-10H,2,5,7-8H2,1H3/t9-,10-/m1/s1. The highest BCUT2D eigenvalue weighted by molar-refractivity contribution is 5.95. The van der Waals surface area contributed by atoms with Gasteiger partial charge in [0.2, 0.25) is 0 Å². The topological polar surface area (TPSA) is 69.0 Å². The predicted molar refractivity (Wildman–Crippen MR) is 74.4 cm³/mol. The normalized spacial score (nSPS) is 24.0. The molecule has 2 saturated heterocycles. The fraction of sp³-hybridized carbons (Fsp3) is 0.500. The van der Waals surface area contributed by atoms with Crippen LogP contribution in [0.25, 0.3) is 5.65 Å². The van der Waals surface area contributed by atoms with Gasteiger partial charge in [-0.15, -0.1) is 0 Å². The minimum Gasteiger partial charge on any atom is -0.462 e. The van der Waals surface area contributed by atoms with E-state index in [-0.39, 0.29) is 5.97 Å². The van der Waals surface area contributed by atoms with Crippen molar-refractivity contribution in [1.29, 1.82) is 0 Å². The summed E-state index contributed by atoms with van der Waals surface area (Å²) in [6, 6.07) is 2.31. The van der Waals surface area contributed by atoms with E-state index in [9.17, 15) is 4.79 Å². The lowest BCUT2D eigenvalue weighted by molar-refractivity contribution is 0.0528. The zero-order valence-electron chi connectivity index (χ0n) is 11.7. The van der Waals surface area contributed by atoms with Crippen LogP contribution < -0.4 is 4.90 Å². The smallest absolute Gasteiger partial charge is 0.343 e. The molecule has 0 unspecified atom stereocenters. The molecule has 7 heteroatoms. The molecule has 4 rings (SSSR count). The van der Waals surface area contributed by atoms with Crippen LogP contribution in [0.4, 0.5) is 5.82 Å². The number of carbonyl (C=O) groups excluding carboxylic acids is 1. The minimum atomic E-state index is -0.386. The fourth-order valence-corrected chi connectivity index (χ4v) is 3.05. The van der Waals surface area contributed by atoms with Crippen LogP contribution in [-0.2, 0) is 9.47 Å². The molecule has 2 bridgehead atoms. The number of nitrogens with zero attached hydrogens (tertiary/aromatic N) is 4. The molecule has 2 atom stereocenters. The Bertz CT molecular complexity index is 699. The zero-order valence-corrected chi connectivity index (χ0v) is 11.7. The molecule has 0 N–H and O–H groups in total. The van der Waals surface area contributed by atoms with Crippen molar-refractivity contribution in [2.24, 2.45) is 0 Å². The maximum absolute atomic E-state index is 11.9. The van der Waals surface area contributed by atoms with Crippen molar-refractivity contribution in [2.45, 2.75) is 25.5 Å². The number of hydrogen-bond donors (Lipinski definition) is 0. The van der Waals surface area contributed by atoms with Crippen LogP contribution in [0.1, 0.15) is 23.7 Å². The molecule has 0 spiro atoms. The van der Waals surface area contributed by atoms with Crippen molar-refractivity contribution in [3.05, 3.63) is 24.0 Å². The van der Waals surface area contributed by atoms with Gasteiger partial charge in [-0.05, 0) is 19.4 Å². The lowest BCUT2D eigenvalue weighted by atomic mass is 10.2. The minimum absolute atomic E-state index is 0.308. The number of morpholine rings is 1. The molecule has 0 saturated carbocycles. The maximum atomic E-state index is 11.9. The van der Waals surface area contributed by atoms with Crippen LogP contribution in [0.5, 0.6) is 0 Å². The largest absolute Gasteiger partial charge is 0.462 e. The van der Waals surface area contributed by atoms with Gasteiger partial charge in [0.25, 0.3) is 0 Å². The van der Waals surface area contributed by atoms with Gasteiger partial charge in [0.15, 0.2) is 5.65 Å². The van der Waals surface area contributed by atoms with E-state index in [4.69, 9.17) is 9.47 Å². The summed E-state index contributed by atoms with van der Waals surface area (Å²) < 4.78 is 12.2. The summed E-state index contributed by atoms with van der Waals surface area (Å²) >= 11 is 0. The highest BCUT2D eigenvalue weighted by Crippen LogP contribution is 2.31. The van der Waals surface area contributed by atoms with Crippen LogP contribution in [0, 0.1) is 0 Å². The van der Waals surface area contributed by atoms with E-state index in [2.05, 4.69) is 15.0 Å². The monoisotopic (exact) mass is 288 g/mol. The summed E-state index contributed by atoms with van der Waals surface area (Å²) in [5.41, 5.74) is 0.939. The average Bonchev–Trinajstić information content (AvgIpc) is 3.21. The molecule has 0 amide bonds. The molecule has 110 valence electrons. The summed E-state index contributed by atoms with van der Waals surface area (Å²) in [7, 11) is 0. The first-order chi connectivity index (χ1) is 10.3. The van der Waals surface area contributed by atoms with Gasteiger partial charge in [-0.1, -0.05) is 0 Å². The van der Waals surface area contributed by atoms with Crippen molar-refractivity contribution in [2.75, 3.05) is 24.7 Å². The first kappa shape index (κ1) is 12.6. The Kier molecular flexibility index (Phi) is 2.81. The number of anilines is 1. The lowest BCUT2D eigenvalue weighted by Crippen LogP contribution is -2.37. The first-order valence-corrected chi connectivity index (χ1v) is 7.16. The Balaban J connectivity index is 1.71. The highest BCUT2D eigenvalue weighted by Gasteiger charge is 2.39. The van der Waals surface area contributed by atoms with E-state index in [0.717, 1.165) is 25.4 Å². The predicted octanol–water partition coefficient (Wildman–Crippen LogP) is 0.883. The molecule has 2 aromatic heterocycles. The van der Waals surface area contributed by atoms with Gasteiger partial charge < -0.3 is 14.4 Å². The summed E-state index contributed by atoms with van der Waals surface area (Å²) in [5, 5.41) is 4.15. The molecule has 2 fully saturated rings. The number of ether oxygens (including phenoxy) is 2. The number of rotatable bonds is 3. The van der Waals surface area contributed by atoms with Crippen LogP contribution in [0.15, 0.2) is 18.5 Å². The van der Waals surface area contributed by atoms with Crippen molar-refractivity contribution in [3.8, 4) is 0 Å². The summed E-state index contributed by atoms with van der Waals surface area (Å²) in [6.07, 6.45) is 4.69. The molecular weight excluding hydrogens is 272 g/mol. The van der Waals surface area contributed by atoms with E-state index in [1.807, 2.05) is 12.3 Å². The molecule has 0 aromatic carbocycles. The Morgan fingerprint density at radius 1 is 1.57 bits per heavy atom. The molecule has 7 nitrogen and oxygen atoms in total. The second kappa shape index (κ2) is 4.70. The number of fused-ring (bicyclic) bond motifs is 3. The molecule has 21 heavy (non-hydrogen) atoms. The van der Waals surface area contributed by atoms with Crippen LogP contribution in [0.3, 0.4) is 0 Å². The Morgan fingerprint density at radius 3 is 3.19 bits per heavy atom. The third kappa shape index (κ3) is 1.96. The Morgan fingerprint density at radius 2 is 2.48 bits per heavy atom. The molecule has 2 aliphatic rings. The molecule has 0 aliphatic carbocycles. The SMILES string of the molecule is CCOC(=O)c1cnn2ccc(N3C[C@H]4C[C@@H]3CO4)nc12. The molecule has 2 aromatic rings. The first-order valence-electron chi connectivity index (χ1n) is 7.16. The lowest BCUT2D eigenvalue weighted by Gasteiger charge is -2.27. The van der Waals surface area contributed by atoms with E-state index >= 15 is 0 Å².